The van der Waals surface area contributed by atoms with E-state index in [0.717, 1.165) is 45.4 Å². The Bertz CT molecular complexity index is 231. The molecule has 1 heterocycles. The molecule has 1 aliphatic rings. The van der Waals surface area contributed by atoms with Crippen molar-refractivity contribution in [1.29, 1.82) is 0 Å². The van der Waals surface area contributed by atoms with Crippen LogP contribution in [0.3, 0.4) is 0 Å². The topological polar surface area (TPSA) is 33.3 Å². The van der Waals surface area contributed by atoms with Crippen LogP contribution >= 0.6 is 0 Å². The Morgan fingerprint density at radius 2 is 1.83 bits per heavy atom. The molecule has 0 spiro atoms. The van der Waals surface area contributed by atoms with Crippen molar-refractivity contribution in [3.05, 3.63) is 0 Å². The molecule has 1 atom stereocenters. The van der Waals surface area contributed by atoms with E-state index >= 15 is 0 Å². The van der Waals surface area contributed by atoms with Gasteiger partial charge < -0.3 is 15.4 Å². The standard InChI is InChI=1S/C15H32N2O/c1-6-15(7-2)12-13(8-11-18-15)16-9-10-17-14(3,4)5/h13,16-17H,6-12H2,1-5H3. The molecule has 0 bridgehead atoms. The predicted octanol–water partition coefficient (Wildman–Crippen LogP) is 2.70. The van der Waals surface area contributed by atoms with Gasteiger partial charge in [-0.3, -0.25) is 0 Å². The molecule has 3 nitrogen and oxygen atoms in total. The maximum absolute atomic E-state index is 6.00. The summed E-state index contributed by atoms with van der Waals surface area (Å²) in [4.78, 5) is 0. The molecule has 1 fully saturated rings. The number of ether oxygens (including phenoxy) is 1. The Hall–Kier alpha value is -0.120. The molecular weight excluding hydrogens is 224 g/mol. The average molecular weight is 256 g/mol. The highest BCUT2D eigenvalue weighted by Crippen LogP contribution is 2.31. The van der Waals surface area contributed by atoms with Gasteiger partial charge in [0.25, 0.3) is 0 Å². The molecule has 0 aromatic carbocycles. The van der Waals surface area contributed by atoms with Crippen LogP contribution in [-0.4, -0.2) is 36.9 Å². The zero-order valence-electron chi connectivity index (χ0n) is 12.9. The van der Waals surface area contributed by atoms with Crippen molar-refractivity contribution in [2.45, 2.75) is 77.5 Å². The van der Waals surface area contributed by atoms with Crippen molar-refractivity contribution >= 4 is 0 Å². The molecule has 1 saturated heterocycles. The van der Waals surface area contributed by atoms with E-state index in [4.69, 9.17) is 4.74 Å². The summed E-state index contributed by atoms with van der Waals surface area (Å²) in [6.45, 7) is 14.1. The molecule has 1 aliphatic heterocycles. The van der Waals surface area contributed by atoms with Crippen LogP contribution in [0.2, 0.25) is 0 Å². The highest BCUT2D eigenvalue weighted by Gasteiger charge is 2.34. The molecular formula is C15H32N2O. The van der Waals surface area contributed by atoms with Gasteiger partial charge in [0.2, 0.25) is 0 Å². The molecule has 0 aromatic rings. The van der Waals surface area contributed by atoms with Crippen molar-refractivity contribution in [1.82, 2.24) is 10.6 Å². The van der Waals surface area contributed by atoms with E-state index in [2.05, 4.69) is 45.3 Å². The molecule has 0 radical (unpaired) electrons. The van der Waals surface area contributed by atoms with E-state index in [1.165, 1.54) is 0 Å². The second kappa shape index (κ2) is 6.88. The van der Waals surface area contributed by atoms with Gasteiger partial charge in [-0.2, -0.15) is 0 Å². The van der Waals surface area contributed by atoms with Crippen LogP contribution in [0.25, 0.3) is 0 Å². The molecule has 2 N–H and O–H groups in total. The summed E-state index contributed by atoms with van der Waals surface area (Å²) in [5.41, 5.74) is 0.349. The van der Waals surface area contributed by atoms with Gasteiger partial charge in [-0.05, 0) is 46.5 Å². The van der Waals surface area contributed by atoms with Gasteiger partial charge >= 0.3 is 0 Å². The number of hydrogen-bond acceptors (Lipinski definition) is 3. The molecule has 108 valence electrons. The van der Waals surface area contributed by atoms with Gasteiger partial charge in [-0.25, -0.2) is 0 Å². The van der Waals surface area contributed by atoms with Crippen LogP contribution < -0.4 is 10.6 Å². The van der Waals surface area contributed by atoms with E-state index in [9.17, 15) is 0 Å². The summed E-state index contributed by atoms with van der Waals surface area (Å²) < 4.78 is 6.00. The lowest BCUT2D eigenvalue weighted by Crippen LogP contribution is -2.48. The molecule has 18 heavy (non-hydrogen) atoms. The number of nitrogens with one attached hydrogen (secondary N) is 2. The van der Waals surface area contributed by atoms with Crippen LogP contribution in [0.15, 0.2) is 0 Å². The Balaban J connectivity index is 2.26. The zero-order chi connectivity index (χ0) is 13.6. The molecule has 1 rings (SSSR count). The molecule has 0 amide bonds. The summed E-state index contributed by atoms with van der Waals surface area (Å²) in [6, 6.07) is 0.625. The first-order valence-electron chi connectivity index (χ1n) is 7.53. The highest BCUT2D eigenvalue weighted by atomic mass is 16.5. The summed E-state index contributed by atoms with van der Waals surface area (Å²) in [5.74, 6) is 0. The Morgan fingerprint density at radius 3 is 2.39 bits per heavy atom. The SMILES string of the molecule is CCC1(CC)CC(NCCNC(C)(C)C)CCO1. The average Bonchev–Trinajstić information content (AvgIpc) is 2.34. The monoisotopic (exact) mass is 256 g/mol. The normalized spacial score (nSPS) is 24.2. The van der Waals surface area contributed by atoms with Crippen LogP contribution in [0, 0.1) is 0 Å². The van der Waals surface area contributed by atoms with Gasteiger partial charge in [0.05, 0.1) is 5.60 Å². The lowest BCUT2D eigenvalue weighted by atomic mass is 9.86. The van der Waals surface area contributed by atoms with Gasteiger partial charge in [0.15, 0.2) is 0 Å². The molecule has 0 saturated carbocycles. The Labute approximate surface area is 113 Å². The Kier molecular flexibility index (Phi) is 6.09. The molecule has 1 unspecified atom stereocenters. The van der Waals surface area contributed by atoms with E-state index in [1.807, 2.05) is 0 Å². The van der Waals surface area contributed by atoms with Crippen LogP contribution in [0.4, 0.5) is 0 Å². The lowest BCUT2D eigenvalue weighted by Gasteiger charge is -2.40. The summed E-state index contributed by atoms with van der Waals surface area (Å²) in [5, 5.41) is 7.19. The van der Waals surface area contributed by atoms with Gasteiger partial charge in [0, 0.05) is 31.3 Å². The lowest BCUT2D eigenvalue weighted by molar-refractivity contribution is -0.0929. The largest absolute Gasteiger partial charge is 0.375 e. The maximum Gasteiger partial charge on any atom is 0.0692 e. The van der Waals surface area contributed by atoms with Gasteiger partial charge in [-0.15, -0.1) is 0 Å². The summed E-state index contributed by atoms with van der Waals surface area (Å²) in [6.07, 6.45) is 4.57. The third-order valence-electron chi connectivity index (χ3n) is 3.99. The highest BCUT2D eigenvalue weighted by molar-refractivity contribution is 4.88. The maximum atomic E-state index is 6.00. The predicted molar refractivity (Wildman–Crippen MR) is 78.0 cm³/mol. The third kappa shape index (κ3) is 5.25. The fourth-order valence-electron chi connectivity index (χ4n) is 2.66. The quantitative estimate of drug-likeness (QED) is 0.717. The minimum Gasteiger partial charge on any atom is -0.375 e. The Morgan fingerprint density at radius 1 is 1.17 bits per heavy atom. The molecule has 0 aromatic heterocycles. The molecule has 0 aliphatic carbocycles. The number of rotatable bonds is 6. The van der Waals surface area contributed by atoms with E-state index < -0.39 is 0 Å². The smallest absolute Gasteiger partial charge is 0.0692 e. The second-order valence-electron chi connectivity index (χ2n) is 6.56. The zero-order valence-corrected chi connectivity index (χ0v) is 12.9. The van der Waals surface area contributed by atoms with Crippen molar-refractivity contribution < 1.29 is 4.74 Å². The first-order valence-corrected chi connectivity index (χ1v) is 7.53. The van der Waals surface area contributed by atoms with E-state index in [1.54, 1.807) is 0 Å². The first kappa shape index (κ1) is 15.9. The summed E-state index contributed by atoms with van der Waals surface area (Å²) in [7, 11) is 0. The van der Waals surface area contributed by atoms with Crippen molar-refractivity contribution in [3.63, 3.8) is 0 Å². The first-order chi connectivity index (χ1) is 8.41. The van der Waals surface area contributed by atoms with Gasteiger partial charge in [-0.1, -0.05) is 13.8 Å². The fourth-order valence-corrected chi connectivity index (χ4v) is 2.66. The van der Waals surface area contributed by atoms with E-state index in [0.29, 0.717) is 6.04 Å². The minimum atomic E-state index is 0.132. The second-order valence-corrected chi connectivity index (χ2v) is 6.56. The fraction of sp³-hybridized carbons (Fsp3) is 1.00. The van der Waals surface area contributed by atoms with Crippen molar-refractivity contribution in [2.75, 3.05) is 19.7 Å². The van der Waals surface area contributed by atoms with E-state index in [-0.39, 0.29) is 11.1 Å². The number of hydrogen-bond donors (Lipinski definition) is 2. The summed E-state index contributed by atoms with van der Waals surface area (Å²) >= 11 is 0. The van der Waals surface area contributed by atoms with Crippen LogP contribution in [0.5, 0.6) is 0 Å². The van der Waals surface area contributed by atoms with Crippen LogP contribution in [-0.2, 0) is 4.74 Å². The minimum absolute atomic E-state index is 0.132. The van der Waals surface area contributed by atoms with Crippen molar-refractivity contribution in [3.8, 4) is 0 Å². The molecule has 3 heteroatoms. The van der Waals surface area contributed by atoms with Crippen molar-refractivity contribution in [2.24, 2.45) is 0 Å². The third-order valence-corrected chi connectivity index (χ3v) is 3.99. The van der Waals surface area contributed by atoms with Crippen LogP contribution in [0.1, 0.15) is 60.3 Å². The van der Waals surface area contributed by atoms with Gasteiger partial charge in [0.1, 0.15) is 0 Å².